The van der Waals surface area contributed by atoms with Gasteiger partial charge in [0.05, 0.1) is 17.1 Å². The van der Waals surface area contributed by atoms with Crippen molar-refractivity contribution in [2.75, 3.05) is 0 Å². The fraction of sp³-hybridized carbons (Fsp3) is 0.200. The summed E-state index contributed by atoms with van der Waals surface area (Å²) in [5, 5.41) is 8.69. The van der Waals surface area contributed by atoms with Gasteiger partial charge in [0.15, 0.2) is 9.84 Å². The average molecular weight is 305 g/mol. The van der Waals surface area contributed by atoms with Gasteiger partial charge in [0.1, 0.15) is 0 Å². The lowest BCUT2D eigenvalue weighted by Gasteiger charge is -2.06. The lowest BCUT2D eigenvalue weighted by Crippen LogP contribution is -2.06. The summed E-state index contributed by atoms with van der Waals surface area (Å²) >= 11 is 0. The average Bonchev–Trinajstić information content (AvgIpc) is 2.38. The SMILES string of the molecule is Cc1cncc(CS(=O)(=O)c2ccc(CC(=O)O)cc2)c1. The number of pyridine rings is 1. The van der Waals surface area contributed by atoms with E-state index in [-0.39, 0.29) is 17.1 Å². The maximum atomic E-state index is 12.3. The Labute approximate surface area is 123 Å². The Kier molecular flexibility index (Phi) is 4.37. The Balaban J connectivity index is 2.21. The van der Waals surface area contributed by atoms with Gasteiger partial charge in [-0.3, -0.25) is 9.78 Å². The van der Waals surface area contributed by atoms with Crippen LogP contribution in [0.25, 0.3) is 0 Å². The standard InChI is InChI=1S/C15H15NO4S/c1-11-6-13(9-16-8-11)10-21(19,20)14-4-2-12(3-5-14)7-15(17)18/h2-6,8-9H,7,10H2,1H3,(H,17,18). The van der Waals surface area contributed by atoms with Gasteiger partial charge in [-0.2, -0.15) is 0 Å². The summed E-state index contributed by atoms with van der Waals surface area (Å²) in [5.74, 6) is -1.07. The summed E-state index contributed by atoms with van der Waals surface area (Å²) in [6.07, 6.45) is 3.07. The third kappa shape index (κ3) is 4.13. The first-order valence-electron chi connectivity index (χ1n) is 6.31. The van der Waals surface area contributed by atoms with E-state index in [1.807, 2.05) is 6.92 Å². The van der Waals surface area contributed by atoms with Crippen molar-refractivity contribution in [2.24, 2.45) is 0 Å². The number of benzene rings is 1. The minimum Gasteiger partial charge on any atom is -0.481 e. The Morgan fingerprint density at radius 3 is 2.38 bits per heavy atom. The van der Waals surface area contributed by atoms with Crippen LogP contribution in [0.2, 0.25) is 0 Å². The molecule has 0 aliphatic carbocycles. The summed E-state index contributed by atoms with van der Waals surface area (Å²) in [4.78, 5) is 14.8. The third-order valence-electron chi connectivity index (χ3n) is 2.93. The van der Waals surface area contributed by atoms with Crippen LogP contribution in [0.4, 0.5) is 0 Å². The number of nitrogens with zero attached hydrogens (tertiary/aromatic N) is 1. The van der Waals surface area contributed by atoms with E-state index in [2.05, 4.69) is 4.98 Å². The molecular formula is C15H15NO4S. The maximum absolute atomic E-state index is 12.3. The topological polar surface area (TPSA) is 84.3 Å². The van der Waals surface area contributed by atoms with Crippen LogP contribution in [0.3, 0.4) is 0 Å². The molecule has 0 amide bonds. The number of rotatable bonds is 5. The Morgan fingerprint density at radius 1 is 1.14 bits per heavy atom. The number of aromatic nitrogens is 1. The second-order valence-electron chi connectivity index (χ2n) is 4.84. The van der Waals surface area contributed by atoms with Crippen LogP contribution >= 0.6 is 0 Å². The number of aryl methyl sites for hydroxylation is 1. The molecule has 0 saturated carbocycles. The molecule has 0 atom stereocenters. The Morgan fingerprint density at radius 2 is 1.81 bits per heavy atom. The molecule has 0 unspecified atom stereocenters. The van der Waals surface area contributed by atoms with Crippen molar-refractivity contribution in [1.82, 2.24) is 4.98 Å². The van der Waals surface area contributed by atoms with Crippen molar-refractivity contribution in [3.8, 4) is 0 Å². The summed E-state index contributed by atoms with van der Waals surface area (Å²) in [6, 6.07) is 7.71. The van der Waals surface area contributed by atoms with Crippen LogP contribution < -0.4 is 0 Å². The quantitative estimate of drug-likeness (QED) is 0.913. The number of hydrogen-bond donors (Lipinski definition) is 1. The molecule has 21 heavy (non-hydrogen) atoms. The molecule has 1 aromatic heterocycles. The van der Waals surface area contributed by atoms with E-state index in [4.69, 9.17) is 5.11 Å². The van der Waals surface area contributed by atoms with E-state index in [0.717, 1.165) is 5.56 Å². The second-order valence-corrected chi connectivity index (χ2v) is 6.83. The van der Waals surface area contributed by atoms with Crippen molar-refractivity contribution in [3.63, 3.8) is 0 Å². The number of aliphatic carboxylic acids is 1. The van der Waals surface area contributed by atoms with Gasteiger partial charge in [0.2, 0.25) is 0 Å². The number of carboxylic acid groups (broad SMARTS) is 1. The molecule has 1 N–H and O–H groups in total. The van der Waals surface area contributed by atoms with Gasteiger partial charge in [-0.25, -0.2) is 8.42 Å². The van der Waals surface area contributed by atoms with Crippen molar-refractivity contribution >= 4 is 15.8 Å². The number of carboxylic acids is 1. The molecule has 0 saturated heterocycles. The molecule has 0 radical (unpaired) electrons. The monoisotopic (exact) mass is 305 g/mol. The highest BCUT2D eigenvalue weighted by molar-refractivity contribution is 7.90. The van der Waals surface area contributed by atoms with E-state index in [1.165, 1.54) is 30.5 Å². The summed E-state index contributed by atoms with van der Waals surface area (Å²) in [7, 11) is -3.46. The molecule has 0 spiro atoms. The van der Waals surface area contributed by atoms with E-state index in [1.54, 1.807) is 12.3 Å². The largest absolute Gasteiger partial charge is 0.481 e. The Bertz CT molecular complexity index is 751. The second kappa shape index (κ2) is 6.05. The van der Waals surface area contributed by atoms with Gasteiger partial charge in [-0.1, -0.05) is 18.2 Å². The summed E-state index contributed by atoms with van der Waals surface area (Å²) in [6.45, 7) is 1.85. The molecule has 2 aromatic rings. The Hall–Kier alpha value is -2.21. The fourth-order valence-electron chi connectivity index (χ4n) is 1.99. The van der Waals surface area contributed by atoms with Gasteiger partial charge in [0.25, 0.3) is 0 Å². The molecule has 1 aromatic carbocycles. The summed E-state index contributed by atoms with van der Waals surface area (Å²) < 4.78 is 24.6. The molecule has 5 nitrogen and oxygen atoms in total. The first-order chi connectivity index (χ1) is 9.87. The van der Waals surface area contributed by atoms with Gasteiger partial charge < -0.3 is 5.11 Å². The predicted octanol–water partition coefficient (Wildman–Crippen LogP) is 1.99. The number of sulfone groups is 1. The molecule has 0 fully saturated rings. The smallest absolute Gasteiger partial charge is 0.307 e. The van der Waals surface area contributed by atoms with Gasteiger partial charge in [0, 0.05) is 12.4 Å². The van der Waals surface area contributed by atoms with Crippen molar-refractivity contribution in [2.45, 2.75) is 24.0 Å². The third-order valence-corrected chi connectivity index (χ3v) is 4.63. The molecule has 0 aliphatic heterocycles. The molecule has 6 heteroatoms. The molecule has 0 aliphatic rings. The van der Waals surface area contributed by atoms with Crippen molar-refractivity contribution in [3.05, 3.63) is 59.4 Å². The molecule has 2 rings (SSSR count). The fourth-order valence-corrected chi connectivity index (χ4v) is 3.30. The van der Waals surface area contributed by atoms with Crippen LogP contribution in [-0.2, 0) is 26.8 Å². The highest BCUT2D eigenvalue weighted by Gasteiger charge is 2.15. The molecule has 110 valence electrons. The lowest BCUT2D eigenvalue weighted by molar-refractivity contribution is -0.136. The van der Waals surface area contributed by atoms with Crippen LogP contribution in [-0.4, -0.2) is 24.5 Å². The van der Waals surface area contributed by atoms with Crippen molar-refractivity contribution in [1.29, 1.82) is 0 Å². The van der Waals surface area contributed by atoms with Gasteiger partial charge in [-0.15, -0.1) is 0 Å². The minimum absolute atomic E-state index is 0.123. The minimum atomic E-state index is -3.46. The maximum Gasteiger partial charge on any atom is 0.307 e. The zero-order chi connectivity index (χ0) is 15.5. The van der Waals surface area contributed by atoms with E-state index >= 15 is 0 Å². The van der Waals surface area contributed by atoms with Crippen LogP contribution in [0.1, 0.15) is 16.7 Å². The first-order valence-corrected chi connectivity index (χ1v) is 7.96. The highest BCUT2D eigenvalue weighted by Crippen LogP contribution is 2.17. The zero-order valence-electron chi connectivity index (χ0n) is 11.5. The van der Waals surface area contributed by atoms with Crippen LogP contribution in [0.5, 0.6) is 0 Å². The van der Waals surface area contributed by atoms with E-state index in [9.17, 15) is 13.2 Å². The number of hydrogen-bond acceptors (Lipinski definition) is 4. The van der Waals surface area contributed by atoms with Gasteiger partial charge >= 0.3 is 5.97 Å². The normalized spacial score (nSPS) is 11.3. The summed E-state index contributed by atoms with van der Waals surface area (Å²) in [5.41, 5.74) is 2.10. The zero-order valence-corrected chi connectivity index (χ0v) is 12.3. The van der Waals surface area contributed by atoms with Crippen molar-refractivity contribution < 1.29 is 18.3 Å². The van der Waals surface area contributed by atoms with Crippen LogP contribution in [0, 0.1) is 6.92 Å². The lowest BCUT2D eigenvalue weighted by atomic mass is 10.2. The first kappa shape index (κ1) is 15.2. The predicted molar refractivity (Wildman–Crippen MR) is 77.6 cm³/mol. The van der Waals surface area contributed by atoms with E-state index in [0.29, 0.717) is 11.1 Å². The molecule has 1 heterocycles. The highest BCUT2D eigenvalue weighted by atomic mass is 32.2. The van der Waals surface area contributed by atoms with Gasteiger partial charge in [-0.05, 0) is 35.7 Å². The molecule has 0 bridgehead atoms. The van der Waals surface area contributed by atoms with E-state index < -0.39 is 15.8 Å². The molecular weight excluding hydrogens is 290 g/mol. The van der Waals surface area contributed by atoms with Crippen LogP contribution in [0.15, 0.2) is 47.6 Å². The number of carbonyl (C=O) groups is 1.